The molecule has 3 heteroatoms. The maximum atomic E-state index is 11.2. The molecule has 3 nitrogen and oxygen atoms in total. The van der Waals surface area contributed by atoms with Crippen LogP contribution in [-0.2, 0) is 14.3 Å². The van der Waals surface area contributed by atoms with Crippen molar-refractivity contribution < 1.29 is 14.3 Å². The van der Waals surface area contributed by atoms with E-state index in [1.54, 1.807) is 0 Å². The largest absolute Gasteiger partial charge is 0.377 e. The van der Waals surface area contributed by atoms with E-state index in [-0.39, 0.29) is 25.1 Å². The third-order valence-corrected chi connectivity index (χ3v) is 3.34. The van der Waals surface area contributed by atoms with Crippen molar-refractivity contribution in [3.05, 3.63) is 0 Å². The highest BCUT2D eigenvalue weighted by molar-refractivity contribution is 5.80. The molecule has 3 unspecified atom stereocenters. The summed E-state index contributed by atoms with van der Waals surface area (Å²) in [6.45, 7) is 4.92. The minimum Gasteiger partial charge on any atom is -0.377 e. The molecule has 1 aliphatic carbocycles. The van der Waals surface area contributed by atoms with Gasteiger partial charge in [0.05, 0.1) is 6.10 Å². The normalized spacial score (nSPS) is 31.5. The van der Waals surface area contributed by atoms with Crippen LogP contribution in [0.2, 0.25) is 0 Å². The van der Waals surface area contributed by atoms with E-state index in [0.29, 0.717) is 5.92 Å². The molecule has 0 heterocycles. The van der Waals surface area contributed by atoms with Crippen LogP contribution in [0, 0.1) is 11.8 Å². The molecule has 3 atom stereocenters. The van der Waals surface area contributed by atoms with Crippen LogP contribution in [0.25, 0.3) is 0 Å². The Balaban J connectivity index is 2.19. The lowest BCUT2D eigenvalue weighted by Crippen LogP contribution is -2.29. The van der Waals surface area contributed by atoms with Crippen molar-refractivity contribution >= 4 is 5.78 Å². The zero-order chi connectivity index (χ0) is 11.3. The van der Waals surface area contributed by atoms with Crippen LogP contribution >= 0.6 is 0 Å². The molecule has 0 aromatic carbocycles. The fourth-order valence-electron chi connectivity index (χ4n) is 2.06. The highest BCUT2D eigenvalue weighted by atomic mass is 16.5. The van der Waals surface area contributed by atoms with Gasteiger partial charge in [-0.05, 0) is 31.1 Å². The van der Waals surface area contributed by atoms with Gasteiger partial charge in [-0.2, -0.15) is 0 Å². The van der Waals surface area contributed by atoms with Crippen molar-refractivity contribution in [2.24, 2.45) is 11.8 Å². The Kier molecular flexibility index (Phi) is 5.26. The zero-order valence-electron chi connectivity index (χ0n) is 9.99. The van der Waals surface area contributed by atoms with Gasteiger partial charge in [0.15, 0.2) is 5.78 Å². The van der Waals surface area contributed by atoms with E-state index < -0.39 is 0 Å². The monoisotopic (exact) mass is 214 g/mol. The quantitative estimate of drug-likeness (QED) is 0.702. The number of hydrogen-bond acceptors (Lipinski definition) is 3. The molecule has 0 aliphatic heterocycles. The van der Waals surface area contributed by atoms with Crippen LogP contribution in [-0.4, -0.2) is 32.2 Å². The van der Waals surface area contributed by atoms with E-state index in [9.17, 15) is 4.79 Å². The van der Waals surface area contributed by atoms with E-state index in [2.05, 4.69) is 13.8 Å². The van der Waals surface area contributed by atoms with Crippen molar-refractivity contribution in [2.45, 2.75) is 39.2 Å². The SMILES string of the molecule is COCC(=O)COC1CCC(C)C(C)C1. The Morgan fingerprint density at radius 1 is 1.20 bits per heavy atom. The second-order valence-corrected chi connectivity index (χ2v) is 4.67. The smallest absolute Gasteiger partial charge is 0.183 e. The molecule has 1 aliphatic rings. The first-order valence-electron chi connectivity index (χ1n) is 5.75. The second-order valence-electron chi connectivity index (χ2n) is 4.67. The van der Waals surface area contributed by atoms with Crippen LogP contribution in [0.15, 0.2) is 0 Å². The number of ketones is 1. The van der Waals surface area contributed by atoms with Crippen molar-refractivity contribution in [2.75, 3.05) is 20.3 Å². The molecule has 15 heavy (non-hydrogen) atoms. The average molecular weight is 214 g/mol. The molecule has 0 N–H and O–H groups in total. The summed E-state index contributed by atoms with van der Waals surface area (Å²) in [6, 6.07) is 0. The van der Waals surface area contributed by atoms with Gasteiger partial charge in [-0.25, -0.2) is 0 Å². The molecule has 0 spiro atoms. The molecular weight excluding hydrogens is 192 g/mol. The first-order valence-corrected chi connectivity index (χ1v) is 5.75. The van der Waals surface area contributed by atoms with Gasteiger partial charge in [-0.3, -0.25) is 4.79 Å². The average Bonchev–Trinajstić information content (AvgIpc) is 2.20. The topological polar surface area (TPSA) is 35.5 Å². The Hall–Kier alpha value is -0.410. The van der Waals surface area contributed by atoms with Crippen LogP contribution in [0.3, 0.4) is 0 Å². The third kappa shape index (κ3) is 4.31. The number of ether oxygens (including phenoxy) is 2. The summed E-state index contributed by atoms with van der Waals surface area (Å²) in [5.41, 5.74) is 0. The molecule has 1 rings (SSSR count). The van der Waals surface area contributed by atoms with E-state index >= 15 is 0 Å². The van der Waals surface area contributed by atoms with Crippen molar-refractivity contribution in [3.63, 3.8) is 0 Å². The summed E-state index contributed by atoms with van der Waals surface area (Å²) in [6.07, 6.45) is 3.66. The summed E-state index contributed by atoms with van der Waals surface area (Å²) in [7, 11) is 1.53. The standard InChI is InChI=1S/C12H22O3/c1-9-4-5-12(6-10(9)2)15-8-11(13)7-14-3/h9-10,12H,4-8H2,1-3H3. The zero-order valence-corrected chi connectivity index (χ0v) is 9.99. The van der Waals surface area contributed by atoms with Gasteiger partial charge in [0.25, 0.3) is 0 Å². The summed E-state index contributed by atoms with van der Waals surface area (Å²) < 4.78 is 10.3. The van der Waals surface area contributed by atoms with Crippen molar-refractivity contribution in [1.29, 1.82) is 0 Å². The first-order chi connectivity index (χ1) is 7.13. The number of carbonyl (C=O) groups is 1. The molecule has 1 saturated carbocycles. The third-order valence-electron chi connectivity index (χ3n) is 3.34. The summed E-state index contributed by atoms with van der Waals surface area (Å²) in [5.74, 6) is 1.53. The van der Waals surface area contributed by atoms with Crippen molar-refractivity contribution in [1.82, 2.24) is 0 Å². The molecule has 0 aromatic rings. The lowest BCUT2D eigenvalue weighted by Gasteiger charge is -2.31. The first kappa shape index (κ1) is 12.7. The van der Waals surface area contributed by atoms with Gasteiger partial charge in [-0.15, -0.1) is 0 Å². The minimum absolute atomic E-state index is 0.0313. The summed E-state index contributed by atoms with van der Waals surface area (Å²) in [4.78, 5) is 11.2. The summed E-state index contributed by atoms with van der Waals surface area (Å²) >= 11 is 0. The minimum atomic E-state index is 0.0313. The predicted molar refractivity (Wildman–Crippen MR) is 58.8 cm³/mol. The Morgan fingerprint density at radius 2 is 1.93 bits per heavy atom. The van der Waals surface area contributed by atoms with Gasteiger partial charge in [0.1, 0.15) is 13.2 Å². The van der Waals surface area contributed by atoms with Gasteiger partial charge in [0, 0.05) is 7.11 Å². The Morgan fingerprint density at radius 3 is 2.53 bits per heavy atom. The van der Waals surface area contributed by atoms with Crippen LogP contribution in [0.4, 0.5) is 0 Å². The highest BCUT2D eigenvalue weighted by Gasteiger charge is 2.25. The summed E-state index contributed by atoms with van der Waals surface area (Å²) in [5, 5.41) is 0. The van der Waals surface area contributed by atoms with Crippen LogP contribution < -0.4 is 0 Å². The lowest BCUT2D eigenvalue weighted by atomic mass is 9.80. The number of rotatable bonds is 5. The lowest BCUT2D eigenvalue weighted by molar-refractivity contribution is -0.130. The maximum absolute atomic E-state index is 11.2. The fraction of sp³-hybridized carbons (Fsp3) is 0.917. The predicted octanol–water partition coefficient (Wildman–Crippen LogP) is 2.04. The fourth-order valence-corrected chi connectivity index (χ4v) is 2.06. The second kappa shape index (κ2) is 6.23. The van der Waals surface area contributed by atoms with Gasteiger partial charge < -0.3 is 9.47 Å². The van der Waals surface area contributed by atoms with E-state index in [1.165, 1.54) is 13.5 Å². The number of hydrogen-bond donors (Lipinski definition) is 0. The number of methoxy groups -OCH3 is 1. The van der Waals surface area contributed by atoms with E-state index in [4.69, 9.17) is 9.47 Å². The Labute approximate surface area is 92.1 Å². The Bertz CT molecular complexity index is 203. The number of Topliss-reactive ketones (excluding diaryl/α,β-unsaturated/α-hetero) is 1. The molecule has 1 fully saturated rings. The molecule has 0 aromatic heterocycles. The highest BCUT2D eigenvalue weighted by Crippen LogP contribution is 2.30. The maximum Gasteiger partial charge on any atom is 0.183 e. The van der Waals surface area contributed by atoms with Gasteiger partial charge in [-0.1, -0.05) is 13.8 Å². The van der Waals surface area contributed by atoms with Gasteiger partial charge in [0.2, 0.25) is 0 Å². The molecule has 88 valence electrons. The van der Waals surface area contributed by atoms with Crippen LogP contribution in [0.5, 0.6) is 0 Å². The van der Waals surface area contributed by atoms with Gasteiger partial charge >= 0.3 is 0 Å². The van der Waals surface area contributed by atoms with Crippen molar-refractivity contribution in [3.8, 4) is 0 Å². The molecule has 0 saturated heterocycles. The van der Waals surface area contributed by atoms with E-state index in [0.717, 1.165) is 18.8 Å². The van der Waals surface area contributed by atoms with Crippen LogP contribution in [0.1, 0.15) is 33.1 Å². The van der Waals surface area contributed by atoms with E-state index in [1.807, 2.05) is 0 Å². The molecular formula is C12H22O3. The molecule has 0 radical (unpaired) electrons. The number of carbonyl (C=O) groups excluding carboxylic acids is 1. The molecule has 0 amide bonds. The molecule has 0 bridgehead atoms.